The zero-order chi connectivity index (χ0) is 29.2. The average molecular weight is 604 g/mol. The third-order valence-electron chi connectivity index (χ3n) is 9.80. The van der Waals surface area contributed by atoms with Gasteiger partial charge in [0.2, 0.25) is 11.8 Å². The second-order valence-corrected chi connectivity index (χ2v) is 13.6. The second kappa shape index (κ2) is 10.5. The molecule has 2 aromatic rings. The summed E-state index contributed by atoms with van der Waals surface area (Å²) in [4.78, 5) is 33.2. The molecule has 5 N–H and O–H groups in total. The van der Waals surface area contributed by atoms with E-state index in [-0.39, 0.29) is 42.0 Å². The molecule has 0 unspecified atom stereocenters. The van der Waals surface area contributed by atoms with Gasteiger partial charge in [0.05, 0.1) is 31.4 Å². The Bertz CT molecular complexity index is 1360. The maximum Gasteiger partial charge on any atom is 0.238 e. The van der Waals surface area contributed by atoms with Crippen molar-refractivity contribution in [1.29, 1.82) is 0 Å². The summed E-state index contributed by atoms with van der Waals surface area (Å²) in [5.41, 5.74) is -0.318. The van der Waals surface area contributed by atoms with Gasteiger partial charge in [-0.1, -0.05) is 55.2 Å². The number of aliphatic hydroxyl groups excluding tert-OH is 2. The average Bonchev–Trinajstić information content (AvgIpc) is 3.38. The number of anilines is 1. The van der Waals surface area contributed by atoms with Gasteiger partial charge in [0, 0.05) is 22.0 Å². The Hall–Kier alpha value is -2.27. The fourth-order valence-electron chi connectivity index (χ4n) is 7.68. The molecule has 2 amide bonds. The Morgan fingerprint density at radius 2 is 1.93 bits per heavy atom. The van der Waals surface area contributed by atoms with Gasteiger partial charge in [-0.05, 0) is 61.3 Å². The van der Waals surface area contributed by atoms with Gasteiger partial charge >= 0.3 is 0 Å². The molecule has 1 saturated carbocycles. The number of halogens is 2. The Kier molecular flexibility index (Phi) is 7.36. The van der Waals surface area contributed by atoms with E-state index < -0.39 is 41.2 Å². The highest BCUT2D eigenvalue weighted by molar-refractivity contribution is 6.30. The number of aromatic nitrogens is 1. The van der Waals surface area contributed by atoms with E-state index in [1.54, 1.807) is 12.1 Å². The van der Waals surface area contributed by atoms with E-state index in [4.69, 9.17) is 27.9 Å². The third-order valence-corrected chi connectivity index (χ3v) is 10.2. The number of hydrogen-bond acceptors (Lipinski definition) is 7. The van der Waals surface area contributed by atoms with Crippen LogP contribution in [0.5, 0.6) is 0 Å². The summed E-state index contributed by atoms with van der Waals surface area (Å²) in [6.07, 6.45) is 1.77. The van der Waals surface area contributed by atoms with E-state index >= 15 is 0 Å². The number of ether oxygens (including phenoxy) is 1. The highest BCUT2D eigenvalue weighted by atomic mass is 35.5. The molecule has 4 heterocycles. The summed E-state index contributed by atoms with van der Waals surface area (Å²) in [6.45, 7) is 4.34. The molecule has 3 fully saturated rings. The predicted octanol–water partition coefficient (Wildman–Crippen LogP) is 3.30. The lowest BCUT2D eigenvalue weighted by atomic mass is 9.53. The molecule has 0 radical (unpaired) electrons. The first-order valence-corrected chi connectivity index (χ1v) is 15.0. The van der Waals surface area contributed by atoms with Crippen molar-refractivity contribution in [3.8, 4) is 0 Å². The quantitative estimate of drug-likeness (QED) is 0.339. The van der Waals surface area contributed by atoms with E-state index in [0.29, 0.717) is 23.7 Å². The van der Waals surface area contributed by atoms with Crippen molar-refractivity contribution in [2.45, 2.75) is 87.1 Å². The van der Waals surface area contributed by atoms with Crippen LogP contribution >= 0.6 is 23.2 Å². The van der Waals surface area contributed by atoms with Gasteiger partial charge in [0.15, 0.2) is 0 Å². The lowest BCUT2D eigenvalue weighted by Crippen LogP contribution is -2.61. The Morgan fingerprint density at radius 1 is 1.17 bits per heavy atom. The van der Waals surface area contributed by atoms with Crippen molar-refractivity contribution in [1.82, 2.24) is 15.6 Å². The van der Waals surface area contributed by atoms with E-state index in [2.05, 4.69) is 34.8 Å². The van der Waals surface area contributed by atoms with Crippen molar-refractivity contribution in [3.05, 3.63) is 57.7 Å². The molecule has 0 bridgehead atoms. The minimum Gasteiger partial charge on any atom is -0.394 e. The molecule has 1 aromatic heterocycles. The molecule has 11 heteroatoms. The molecule has 2 spiro atoms. The number of hydrogen-bond donors (Lipinski definition) is 5. The summed E-state index contributed by atoms with van der Waals surface area (Å²) < 4.78 is 5.61. The number of rotatable bonds is 4. The number of fused-ring (bicyclic) bond motifs is 3. The van der Waals surface area contributed by atoms with Crippen LogP contribution in [0.25, 0.3) is 0 Å². The van der Waals surface area contributed by atoms with Crippen molar-refractivity contribution in [2.24, 2.45) is 5.41 Å². The standard InChI is InChI=1S/C30H36Cl2N4O5/c1-28(2)8-10-29(11-9-28)30(19-6-7-22(32)34-25(19)35-27(30)40)23(16-4-3-5-17(31)12-16)24(36-29)26(39)33-18-13-20(38)21(14-37)41-15-18/h3-7,12,18,20-21,23-24,36-38H,8-11,13-15H2,1-2H3,(H,33,39)(H,34,35,40)/t18-,20+,21-,23+,24-,30-/m1/s1. The third kappa shape index (κ3) is 4.65. The molecular formula is C30H36Cl2N4O5. The Labute approximate surface area is 249 Å². The summed E-state index contributed by atoms with van der Waals surface area (Å²) in [7, 11) is 0. The predicted molar refractivity (Wildman–Crippen MR) is 155 cm³/mol. The summed E-state index contributed by atoms with van der Waals surface area (Å²) >= 11 is 12.8. The van der Waals surface area contributed by atoms with Gasteiger partial charge in [-0.3, -0.25) is 14.9 Å². The molecule has 1 aromatic carbocycles. The largest absolute Gasteiger partial charge is 0.394 e. The normalized spacial score (nSPS) is 33.5. The fraction of sp³-hybridized carbons (Fsp3) is 0.567. The van der Waals surface area contributed by atoms with Gasteiger partial charge < -0.3 is 25.6 Å². The summed E-state index contributed by atoms with van der Waals surface area (Å²) in [6, 6.07) is 9.67. The highest BCUT2D eigenvalue weighted by Gasteiger charge is 2.73. The van der Waals surface area contributed by atoms with Gasteiger partial charge in [0.1, 0.15) is 22.5 Å². The van der Waals surface area contributed by atoms with Crippen LogP contribution < -0.4 is 16.0 Å². The van der Waals surface area contributed by atoms with Crippen LogP contribution in [0.15, 0.2) is 36.4 Å². The van der Waals surface area contributed by atoms with Crippen molar-refractivity contribution in [3.63, 3.8) is 0 Å². The molecular weight excluding hydrogens is 567 g/mol. The Morgan fingerprint density at radius 3 is 2.61 bits per heavy atom. The number of nitrogens with zero attached hydrogens (tertiary/aromatic N) is 1. The van der Waals surface area contributed by atoms with Crippen LogP contribution in [-0.2, 0) is 19.7 Å². The molecule has 9 nitrogen and oxygen atoms in total. The van der Waals surface area contributed by atoms with Crippen molar-refractivity contribution < 1.29 is 24.5 Å². The minimum atomic E-state index is -1.16. The summed E-state index contributed by atoms with van der Waals surface area (Å²) in [5.74, 6) is -0.703. The number of benzene rings is 1. The van der Waals surface area contributed by atoms with E-state index in [0.717, 1.165) is 24.0 Å². The van der Waals surface area contributed by atoms with Gasteiger partial charge in [-0.25, -0.2) is 4.98 Å². The Balaban J connectivity index is 1.48. The molecule has 1 aliphatic carbocycles. The lowest BCUT2D eigenvalue weighted by molar-refractivity contribution is -0.131. The number of pyridine rings is 1. The van der Waals surface area contributed by atoms with E-state index in [1.807, 2.05) is 24.3 Å². The molecule has 41 heavy (non-hydrogen) atoms. The highest BCUT2D eigenvalue weighted by Crippen LogP contribution is 2.63. The molecule has 220 valence electrons. The number of carbonyl (C=O) groups excluding carboxylic acids is 2. The van der Waals surface area contributed by atoms with Gasteiger partial charge in [-0.2, -0.15) is 0 Å². The van der Waals surface area contributed by atoms with E-state index in [9.17, 15) is 19.8 Å². The lowest BCUT2D eigenvalue weighted by Gasteiger charge is -2.50. The van der Waals surface area contributed by atoms with Gasteiger partial charge in [0.25, 0.3) is 0 Å². The number of amides is 2. The van der Waals surface area contributed by atoms with Crippen LogP contribution in [0.4, 0.5) is 5.82 Å². The number of carbonyl (C=O) groups is 2. The first-order chi connectivity index (χ1) is 19.5. The molecule has 3 aliphatic heterocycles. The maximum absolute atomic E-state index is 14.5. The zero-order valence-electron chi connectivity index (χ0n) is 23.1. The zero-order valence-corrected chi connectivity index (χ0v) is 24.6. The van der Waals surface area contributed by atoms with Crippen molar-refractivity contribution >= 4 is 40.8 Å². The topological polar surface area (TPSA) is 133 Å². The van der Waals surface area contributed by atoms with Crippen LogP contribution in [0.2, 0.25) is 10.2 Å². The number of nitrogens with one attached hydrogen (secondary N) is 3. The first-order valence-electron chi connectivity index (χ1n) is 14.2. The van der Waals surface area contributed by atoms with Crippen molar-refractivity contribution in [2.75, 3.05) is 18.5 Å². The monoisotopic (exact) mass is 602 g/mol. The van der Waals surface area contributed by atoms with Crippen LogP contribution in [0, 0.1) is 5.41 Å². The smallest absolute Gasteiger partial charge is 0.238 e. The maximum atomic E-state index is 14.5. The van der Waals surface area contributed by atoms with Gasteiger partial charge in [-0.15, -0.1) is 0 Å². The van der Waals surface area contributed by atoms with Crippen LogP contribution in [0.1, 0.15) is 63.0 Å². The van der Waals surface area contributed by atoms with Crippen LogP contribution in [0.3, 0.4) is 0 Å². The SMILES string of the molecule is CC1(C)CCC2(CC1)N[C@@H](C(=O)N[C@H]1CO[C@H](CO)[C@@H](O)C1)[C@H](c1cccc(Cl)c1)[C@]21C(=O)Nc2nc(Cl)ccc21. The fourth-order valence-corrected chi connectivity index (χ4v) is 8.03. The summed E-state index contributed by atoms with van der Waals surface area (Å²) in [5, 5.41) is 30.5. The van der Waals surface area contributed by atoms with E-state index in [1.165, 1.54) is 0 Å². The molecule has 2 saturated heterocycles. The first kappa shape index (κ1) is 28.8. The molecule has 4 aliphatic rings. The second-order valence-electron chi connectivity index (χ2n) is 12.8. The molecule has 6 atom stereocenters. The van der Waals surface area contributed by atoms with Crippen LogP contribution in [-0.4, -0.2) is 70.1 Å². The molecule has 6 rings (SSSR count). The number of aliphatic hydroxyl groups is 2. The minimum absolute atomic E-state index is 0.0923.